The van der Waals surface area contributed by atoms with Crippen molar-refractivity contribution in [2.45, 2.75) is 19.1 Å². The minimum atomic E-state index is -0.785. The van der Waals surface area contributed by atoms with Gasteiger partial charge in [-0.2, -0.15) is 0 Å². The number of carbonyl (C=O) groups excluding carboxylic acids is 1. The van der Waals surface area contributed by atoms with E-state index in [-0.39, 0.29) is 5.97 Å². The Bertz CT molecular complexity index is 395. The molecule has 1 aromatic carbocycles. The van der Waals surface area contributed by atoms with Crippen LogP contribution in [0.25, 0.3) is 0 Å². The van der Waals surface area contributed by atoms with Crippen LogP contribution in [0.3, 0.4) is 0 Å². The molecular weight excluding hydrogens is 192 g/mol. The molecule has 0 aliphatic carbocycles. The van der Waals surface area contributed by atoms with Gasteiger partial charge in [0.05, 0.1) is 0 Å². The molecule has 0 aromatic heterocycles. The normalized spacial score (nSPS) is 22.1. The highest BCUT2D eigenvalue weighted by Gasteiger charge is 2.29. The van der Waals surface area contributed by atoms with Gasteiger partial charge in [0.2, 0.25) is 0 Å². The second-order valence-corrected chi connectivity index (χ2v) is 3.58. The lowest BCUT2D eigenvalue weighted by atomic mass is 10.0. The average Bonchev–Trinajstić information content (AvgIpc) is 2.59. The Morgan fingerprint density at radius 3 is 2.53 bits per heavy atom. The third-order valence-corrected chi connectivity index (χ3v) is 2.43. The highest BCUT2D eigenvalue weighted by atomic mass is 16.6. The summed E-state index contributed by atoms with van der Waals surface area (Å²) in [6.07, 6.45) is 0.312. The Kier molecular flexibility index (Phi) is 2.56. The standard InChI is InChI=1S/C12H12O3/c1-8-7-10(15-12(8)14)11(13)9-5-3-2-4-6-9/h2-7,10-11,13H,1H3/t10-,11+/m1/s1. The van der Waals surface area contributed by atoms with Gasteiger partial charge >= 0.3 is 5.97 Å². The zero-order valence-corrected chi connectivity index (χ0v) is 8.38. The fraction of sp³-hybridized carbons (Fsp3) is 0.250. The zero-order chi connectivity index (χ0) is 10.8. The van der Waals surface area contributed by atoms with E-state index in [0.29, 0.717) is 5.57 Å². The molecule has 0 saturated heterocycles. The molecular formula is C12H12O3. The molecule has 0 unspecified atom stereocenters. The van der Waals surface area contributed by atoms with Crippen LogP contribution in [-0.2, 0) is 9.53 Å². The largest absolute Gasteiger partial charge is 0.452 e. The van der Waals surface area contributed by atoms with E-state index in [2.05, 4.69) is 0 Å². The number of rotatable bonds is 2. The van der Waals surface area contributed by atoms with Crippen LogP contribution >= 0.6 is 0 Å². The van der Waals surface area contributed by atoms with Crippen LogP contribution in [0.4, 0.5) is 0 Å². The summed E-state index contributed by atoms with van der Waals surface area (Å²) >= 11 is 0. The summed E-state index contributed by atoms with van der Waals surface area (Å²) in [7, 11) is 0. The van der Waals surface area contributed by atoms with E-state index in [1.54, 1.807) is 25.1 Å². The fourth-order valence-electron chi connectivity index (χ4n) is 1.56. The molecule has 2 rings (SSSR count). The third-order valence-electron chi connectivity index (χ3n) is 2.43. The molecule has 0 fully saturated rings. The highest BCUT2D eigenvalue weighted by molar-refractivity contribution is 5.90. The summed E-state index contributed by atoms with van der Waals surface area (Å²) in [6, 6.07) is 9.16. The molecule has 1 aromatic rings. The van der Waals surface area contributed by atoms with Crippen LogP contribution in [0.1, 0.15) is 18.6 Å². The van der Waals surface area contributed by atoms with Crippen LogP contribution in [-0.4, -0.2) is 17.2 Å². The first kappa shape index (κ1) is 9.93. The van der Waals surface area contributed by atoms with Gasteiger partial charge in [-0.15, -0.1) is 0 Å². The number of esters is 1. The second-order valence-electron chi connectivity index (χ2n) is 3.58. The van der Waals surface area contributed by atoms with Gasteiger partial charge in [0.15, 0.2) is 6.10 Å². The van der Waals surface area contributed by atoms with E-state index in [9.17, 15) is 9.90 Å². The number of hydrogen-bond acceptors (Lipinski definition) is 3. The summed E-state index contributed by atoms with van der Waals surface area (Å²) in [4.78, 5) is 11.1. The molecule has 3 nitrogen and oxygen atoms in total. The monoisotopic (exact) mass is 204 g/mol. The van der Waals surface area contributed by atoms with Gasteiger partial charge in [-0.3, -0.25) is 0 Å². The van der Waals surface area contributed by atoms with E-state index in [1.807, 2.05) is 18.2 Å². The molecule has 15 heavy (non-hydrogen) atoms. The van der Waals surface area contributed by atoms with E-state index < -0.39 is 12.2 Å². The van der Waals surface area contributed by atoms with Crippen LogP contribution in [0.2, 0.25) is 0 Å². The second kappa shape index (κ2) is 3.87. The maximum atomic E-state index is 11.1. The zero-order valence-electron chi connectivity index (χ0n) is 8.38. The molecule has 78 valence electrons. The number of hydrogen-bond donors (Lipinski definition) is 1. The van der Waals surface area contributed by atoms with E-state index >= 15 is 0 Å². The number of benzene rings is 1. The van der Waals surface area contributed by atoms with Gasteiger partial charge in [0, 0.05) is 5.57 Å². The van der Waals surface area contributed by atoms with Crippen LogP contribution in [0.15, 0.2) is 42.0 Å². The smallest absolute Gasteiger partial charge is 0.334 e. The molecule has 1 aliphatic heterocycles. The number of aliphatic hydroxyl groups excluding tert-OH is 1. The van der Waals surface area contributed by atoms with Crippen molar-refractivity contribution in [2.75, 3.05) is 0 Å². The maximum Gasteiger partial charge on any atom is 0.334 e. The first-order chi connectivity index (χ1) is 7.18. The Balaban J connectivity index is 2.17. The Morgan fingerprint density at radius 1 is 1.33 bits per heavy atom. The molecule has 0 bridgehead atoms. The lowest BCUT2D eigenvalue weighted by Crippen LogP contribution is -2.18. The van der Waals surface area contributed by atoms with Crippen molar-refractivity contribution in [3.8, 4) is 0 Å². The predicted molar refractivity (Wildman–Crippen MR) is 55.0 cm³/mol. The van der Waals surface area contributed by atoms with Gasteiger partial charge in [-0.25, -0.2) is 4.79 Å². The fourth-order valence-corrected chi connectivity index (χ4v) is 1.56. The molecule has 0 amide bonds. The van der Waals surface area contributed by atoms with Gasteiger partial charge in [0.25, 0.3) is 0 Å². The first-order valence-electron chi connectivity index (χ1n) is 4.81. The van der Waals surface area contributed by atoms with Crippen LogP contribution in [0, 0.1) is 0 Å². The molecule has 1 heterocycles. The van der Waals surface area contributed by atoms with Crippen molar-refractivity contribution in [2.24, 2.45) is 0 Å². The Hall–Kier alpha value is -1.61. The van der Waals surface area contributed by atoms with Crippen LogP contribution in [0.5, 0.6) is 0 Å². The molecule has 0 radical (unpaired) electrons. The van der Waals surface area contributed by atoms with Gasteiger partial charge in [-0.05, 0) is 18.6 Å². The Labute approximate surface area is 88.0 Å². The van der Waals surface area contributed by atoms with E-state index in [4.69, 9.17) is 4.74 Å². The molecule has 2 atom stereocenters. The number of carbonyl (C=O) groups is 1. The number of aliphatic hydroxyl groups is 1. The predicted octanol–water partition coefficient (Wildman–Crippen LogP) is 1.59. The SMILES string of the molecule is CC1=C[C@H]([C@@H](O)c2ccccc2)OC1=O. The van der Waals surface area contributed by atoms with Crippen LogP contribution < -0.4 is 0 Å². The molecule has 0 saturated carbocycles. The molecule has 3 heteroatoms. The van der Waals surface area contributed by atoms with Crippen molar-refractivity contribution in [3.63, 3.8) is 0 Å². The minimum Gasteiger partial charge on any atom is -0.452 e. The van der Waals surface area contributed by atoms with Crippen molar-refractivity contribution in [1.29, 1.82) is 0 Å². The van der Waals surface area contributed by atoms with Crippen molar-refractivity contribution in [3.05, 3.63) is 47.5 Å². The summed E-state index contributed by atoms with van der Waals surface area (Å²) in [5.74, 6) is -0.352. The van der Waals surface area contributed by atoms with E-state index in [1.165, 1.54) is 0 Å². The summed E-state index contributed by atoms with van der Waals surface area (Å²) in [6.45, 7) is 1.68. The van der Waals surface area contributed by atoms with Crippen molar-refractivity contribution < 1.29 is 14.6 Å². The molecule has 1 N–H and O–H groups in total. The van der Waals surface area contributed by atoms with Crippen molar-refractivity contribution in [1.82, 2.24) is 0 Å². The lowest BCUT2D eigenvalue weighted by molar-refractivity contribution is -0.143. The maximum absolute atomic E-state index is 11.1. The van der Waals surface area contributed by atoms with E-state index in [0.717, 1.165) is 5.56 Å². The quantitative estimate of drug-likeness (QED) is 0.744. The van der Waals surface area contributed by atoms with Gasteiger partial charge in [0.1, 0.15) is 6.10 Å². The molecule has 1 aliphatic rings. The third kappa shape index (κ3) is 1.92. The topological polar surface area (TPSA) is 46.5 Å². The van der Waals surface area contributed by atoms with Gasteiger partial charge in [-0.1, -0.05) is 30.3 Å². The summed E-state index contributed by atoms with van der Waals surface area (Å²) in [5, 5.41) is 9.93. The molecule has 0 spiro atoms. The Morgan fingerprint density at radius 2 is 2.00 bits per heavy atom. The summed E-state index contributed by atoms with van der Waals surface area (Å²) in [5.41, 5.74) is 1.30. The lowest BCUT2D eigenvalue weighted by Gasteiger charge is -2.16. The average molecular weight is 204 g/mol. The first-order valence-corrected chi connectivity index (χ1v) is 4.81. The van der Waals surface area contributed by atoms with Gasteiger partial charge < -0.3 is 9.84 Å². The minimum absolute atomic E-state index is 0.352. The number of ether oxygens (including phenoxy) is 1. The highest BCUT2D eigenvalue weighted by Crippen LogP contribution is 2.25. The van der Waals surface area contributed by atoms with Crippen molar-refractivity contribution >= 4 is 5.97 Å². The number of cyclic esters (lactones) is 1. The summed E-state index contributed by atoms with van der Waals surface area (Å²) < 4.78 is 5.01.